The van der Waals surface area contributed by atoms with Crippen molar-refractivity contribution in [3.63, 3.8) is 0 Å². The highest BCUT2D eigenvalue weighted by molar-refractivity contribution is 7.80. The lowest BCUT2D eigenvalue weighted by molar-refractivity contribution is 0.0773. The van der Waals surface area contributed by atoms with Gasteiger partial charge in [-0.3, -0.25) is 14.1 Å². The summed E-state index contributed by atoms with van der Waals surface area (Å²) in [6.07, 6.45) is 1.94. The predicted octanol–water partition coefficient (Wildman–Crippen LogP) is 4.72. The third kappa shape index (κ3) is 6.47. The molecule has 2 aromatic carbocycles. The van der Waals surface area contributed by atoms with Crippen molar-refractivity contribution < 1.29 is 18.3 Å². The van der Waals surface area contributed by atoms with E-state index in [2.05, 4.69) is 17.0 Å². The van der Waals surface area contributed by atoms with Crippen molar-refractivity contribution in [1.82, 2.24) is 4.90 Å². The molecule has 7 nitrogen and oxygen atoms in total. The van der Waals surface area contributed by atoms with Gasteiger partial charge in [-0.15, -0.1) is 0 Å². The van der Waals surface area contributed by atoms with E-state index in [0.717, 1.165) is 12.8 Å². The highest BCUT2D eigenvalue weighted by atomic mass is 32.2. The van der Waals surface area contributed by atoms with E-state index in [1.54, 1.807) is 29.2 Å². The zero-order valence-electron chi connectivity index (χ0n) is 17.1. The molecule has 0 aliphatic carbocycles. The number of carbonyl (C=O) groups is 1. The van der Waals surface area contributed by atoms with Crippen LogP contribution in [0.3, 0.4) is 0 Å². The molecule has 0 bridgehead atoms. The van der Waals surface area contributed by atoms with Gasteiger partial charge >= 0.3 is 0 Å². The van der Waals surface area contributed by atoms with Crippen LogP contribution < -0.4 is 14.8 Å². The van der Waals surface area contributed by atoms with Crippen LogP contribution in [0.15, 0.2) is 42.5 Å². The lowest BCUT2D eigenvalue weighted by atomic mass is 10.1. The second-order valence-corrected chi connectivity index (χ2v) is 7.13. The molecule has 0 aliphatic heterocycles. The van der Waals surface area contributed by atoms with E-state index in [1.807, 2.05) is 32.0 Å². The van der Waals surface area contributed by atoms with Crippen LogP contribution in [-0.4, -0.2) is 39.2 Å². The lowest BCUT2D eigenvalue weighted by Crippen LogP contribution is -2.30. The van der Waals surface area contributed by atoms with E-state index in [1.165, 1.54) is 0 Å². The van der Waals surface area contributed by atoms with Gasteiger partial charge in [0.15, 0.2) is 5.75 Å². The van der Waals surface area contributed by atoms with Gasteiger partial charge in [0, 0.05) is 25.2 Å². The van der Waals surface area contributed by atoms with Crippen molar-refractivity contribution >= 4 is 28.5 Å². The quantitative estimate of drug-likeness (QED) is 0.362. The van der Waals surface area contributed by atoms with Crippen LogP contribution in [0.5, 0.6) is 11.5 Å². The number of anilines is 2. The van der Waals surface area contributed by atoms with Crippen molar-refractivity contribution in [2.24, 2.45) is 0 Å². The van der Waals surface area contributed by atoms with Gasteiger partial charge in [0.1, 0.15) is 5.75 Å². The molecule has 0 radical (unpaired) electrons. The number of ether oxygens (including phenoxy) is 1. The van der Waals surface area contributed by atoms with Crippen LogP contribution in [0.1, 0.15) is 44.0 Å². The topological polar surface area (TPSA) is 90.9 Å². The van der Waals surface area contributed by atoms with Gasteiger partial charge in [-0.1, -0.05) is 31.5 Å². The van der Waals surface area contributed by atoms with E-state index in [-0.39, 0.29) is 11.6 Å². The van der Waals surface area contributed by atoms with Crippen LogP contribution in [0.2, 0.25) is 0 Å². The Hall–Kier alpha value is -2.58. The molecular formula is C21H29N3O4S. The van der Waals surface area contributed by atoms with Crippen molar-refractivity contribution in [2.75, 3.05) is 29.7 Å². The third-order valence-electron chi connectivity index (χ3n) is 4.39. The SMILES string of the molecule is CCCCNc1cc(C(=O)N(CC)CC)cc(NS(=O)O)c1Oc1ccccc1. The maximum atomic E-state index is 12.9. The minimum Gasteiger partial charge on any atom is -0.453 e. The van der Waals surface area contributed by atoms with Crippen molar-refractivity contribution in [3.8, 4) is 11.5 Å². The fourth-order valence-electron chi connectivity index (χ4n) is 2.86. The Morgan fingerprint density at radius 1 is 1.10 bits per heavy atom. The Kier molecular flexibility index (Phi) is 8.95. The Labute approximate surface area is 174 Å². The Morgan fingerprint density at radius 2 is 1.76 bits per heavy atom. The number of nitrogens with one attached hydrogen (secondary N) is 2. The first-order valence-electron chi connectivity index (χ1n) is 9.81. The first-order chi connectivity index (χ1) is 14.0. The van der Waals surface area contributed by atoms with Crippen molar-refractivity contribution in [3.05, 3.63) is 48.0 Å². The standard InChI is InChI=1S/C21H29N3O4S/c1-4-7-13-22-18-14-16(21(25)24(5-2)6-3)15-19(23-29(26)27)20(18)28-17-11-9-8-10-12-17/h8-12,14-15,22-23H,4-7,13H2,1-3H3,(H,26,27). The molecule has 1 amide bonds. The molecule has 0 aliphatic rings. The molecule has 2 rings (SSSR count). The predicted molar refractivity (Wildman–Crippen MR) is 118 cm³/mol. The molecule has 0 fully saturated rings. The molecule has 0 spiro atoms. The molecule has 0 saturated heterocycles. The highest BCUT2D eigenvalue weighted by Gasteiger charge is 2.20. The van der Waals surface area contributed by atoms with Crippen LogP contribution in [0.25, 0.3) is 0 Å². The summed E-state index contributed by atoms with van der Waals surface area (Å²) >= 11 is -2.32. The number of benzene rings is 2. The third-order valence-corrected chi connectivity index (χ3v) is 4.79. The highest BCUT2D eigenvalue weighted by Crippen LogP contribution is 2.39. The van der Waals surface area contributed by atoms with Crippen molar-refractivity contribution in [1.29, 1.82) is 0 Å². The minimum atomic E-state index is -2.32. The average molecular weight is 420 g/mol. The number of hydrogen-bond donors (Lipinski definition) is 3. The van der Waals surface area contributed by atoms with Gasteiger partial charge in [0.25, 0.3) is 17.2 Å². The second kappa shape index (κ2) is 11.4. The zero-order chi connectivity index (χ0) is 21.2. The number of amides is 1. The van der Waals surface area contributed by atoms with E-state index < -0.39 is 11.3 Å². The number of rotatable bonds is 11. The van der Waals surface area contributed by atoms with Crippen molar-refractivity contribution in [2.45, 2.75) is 33.6 Å². The molecule has 0 aromatic heterocycles. The summed E-state index contributed by atoms with van der Waals surface area (Å²) in [7, 11) is 0. The number of para-hydroxylation sites is 1. The smallest absolute Gasteiger partial charge is 0.259 e. The molecule has 0 heterocycles. The van der Waals surface area contributed by atoms with E-state index in [9.17, 15) is 13.6 Å². The zero-order valence-corrected chi connectivity index (χ0v) is 17.9. The first-order valence-corrected chi connectivity index (χ1v) is 10.9. The summed E-state index contributed by atoms with van der Waals surface area (Å²) in [5, 5.41) is 3.30. The Bertz CT molecular complexity index is 826. The minimum absolute atomic E-state index is 0.147. The lowest BCUT2D eigenvalue weighted by Gasteiger charge is -2.22. The van der Waals surface area contributed by atoms with E-state index >= 15 is 0 Å². The van der Waals surface area contributed by atoms with Gasteiger partial charge in [-0.25, -0.2) is 4.21 Å². The van der Waals surface area contributed by atoms with Gasteiger partial charge in [0.05, 0.1) is 11.4 Å². The molecular weight excluding hydrogens is 390 g/mol. The van der Waals surface area contributed by atoms with E-state index in [4.69, 9.17) is 4.74 Å². The Balaban J connectivity index is 2.54. The molecule has 0 saturated carbocycles. The van der Waals surface area contributed by atoms with Gasteiger partial charge in [-0.05, 0) is 44.5 Å². The summed E-state index contributed by atoms with van der Waals surface area (Å²) in [6.45, 7) is 7.75. The van der Waals surface area contributed by atoms with Gasteiger partial charge in [0.2, 0.25) is 0 Å². The average Bonchev–Trinajstić information content (AvgIpc) is 2.71. The summed E-state index contributed by atoms with van der Waals surface area (Å²) < 4.78 is 29.4. The normalized spacial score (nSPS) is 11.6. The molecule has 2 aromatic rings. The molecule has 3 N–H and O–H groups in total. The van der Waals surface area contributed by atoms with Gasteiger partial charge in [-0.2, -0.15) is 0 Å². The molecule has 8 heteroatoms. The maximum absolute atomic E-state index is 12.9. The summed E-state index contributed by atoms with van der Waals surface area (Å²) in [6, 6.07) is 12.4. The molecule has 158 valence electrons. The van der Waals surface area contributed by atoms with Crippen LogP contribution in [0.4, 0.5) is 11.4 Å². The second-order valence-electron chi connectivity index (χ2n) is 6.42. The largest absolute Gasteiger partial charge is 0.453 e. The van der Waals surface area contributed by atoms with Crippen LogP contribution in [-0.2, 0) is 11.3 Å². The fourth-order valence-corrected chi connectivity index (χ4v) is 3.20. The summed E-state index contributed by atoms with van der Waals surface area (Å²) in [4.78, 5) is 14.6. The molecule has 29 heavy (non-hydrogen) atoms. The Morgan fingerprint density at radius 3 is 2.34 bits per heavy atom. The number of hydrogen-bond acceptors (Lipinski definition) is 4. The number of unbranched alkanes of at least 4 members (excludes halogenated alkanes) is 1. The maximum Gasteiger partial charge on any atom is 0.259 e. The van der Waals surface area contributed by atoms with Crippen LogP contribution in [0, 0.1) is 0 Å². The molecule has 1 atom stereocenters. The monoisotopic (exact) mass is 419 g/mol. The summed E-state index contributed by atoms with van der Waals surface area (Å²) in [5.74, 6) is 0.804. The van der Waals surface area contributed by atoms with Gasteiger partial charge < -0.3 is 15.0 Å². The van der Waals surface area contributed by atoms with E-state index in [0.29, 0.717) is 42.4 Å². The number of carbonyl (C=O) groups excluding carboxylic acids is 1. The van der Waals surface area contributed by atoms with Crippen LogP contribution >= 0.6 is 0 Å². The molecule has 1 unspecified atom stereocenters. The summed E-state index contributed by atoms with van der Waals surface area (Å²) in [5.41, 5.74) is 1.28. The fraction of sp³-hybridized carbons (Fsp3) is 0.381. The first kappa shape index (κ1) is 22.7. The number of nitrogens with zero attached hydrogens (tertiary/aromatic N) is 1.